The van der Waals surface area contributed by atoms with E-state index in [9.17, 15) is 13.6 Å². The second-order valence-corrected chi connectivity index (χ2v) is 8.58. The van der Waals surface area contributed by atoms with Gasteiger partial charge in [0, 0.05) is 16.1 Å². The molecule has 0 bridgehead atoms. The van der Waals surface area contributed by atoms with Gasteiger partial charge in [-0.2, -0.15) is 0 Å². The zero-order valence-corrected chi connectivity index (χ0v) is 19.6. The van der Waals surface area contributed by atoms with Crippen LogP contribution in [0.4, 0.5) is 14.5 Å². The van der Waals surface area contributed by atoms with Crippen LogP contribution >= 0.6 is 27.7 Å². The van der Waals surface area contributed by atoms with Gasteiger partial charge in [0.25, 0.3) is 0 Å². The van der Waals surface area contributed by atoms with E-state index in [0.717, 1.165) is 23.4 Å². The van der Waals surface area contributed by atoms with Crippen LogP contribution < -0.4 is 10.1 Å². The van der Waals surface area contributed by atoms with Gasteiger partial charge >= 0.3 is 0 Å². The van der Waals surface area contributed by atoms with Gasteiger partial charge in [0.05, 0.1) is 31.4 Å². The van der Waals surface area contributed by atoms with E-state index in [1.807, 2.05) is 34.9 Å². The number of anilines is 1. The fourth-order valence-electron chi connectivity index (χ4n) is 3.04. The standard InChI is InChI=1S/C22H17BrF2N4O3S/c1-31-15-5-2-4-13(8-15)21-27-28-22(29(21)11-16-6-3-7-32-16)33-12-19(30)26-20-17(23)9-14(24)10-18(20)25/h2-10H,11-12H2,1H3,(H,26,30). The molecular formula is C22H17BrF2N4O3S. The number of amides is 1. The van der Waals surface area contributed by atoms with E-state index < -0.39 is 17.5 Å². The minimum atomic E-state index is -0.874. The number of hydrogen-bond donors (Lipinski definition) is 1. The lowest BCUT2D eigenvalue weighted by molar-refractivity contribution is -0.113. The third-order valence-corrected chi connectivity index (χ3v) is 6.13. The first kappa shape index (κ1) is 23.0. The monoisotopic (exact) mass is 534 g/mol. The third kappa shape index (κ3) is 5.42. The van der Waals surface area contributed by atoms with E-state index in [1.54, 1.807) is 19.4 Å². The Kier molecular flexibility index (Phi) is 7.09. The Hall–Kier alpha value is -3.18. The molecule has 0 aliphatic rings. The zero-order valence-electron chi connectivity index (χ0n) is 17.2. The lowest BCUT2D eigenvalue weighted by Gasteiger charge is -2.11. The molecule has 33 heavy (non-hydrogen) atoms. The lowest BCUT2D eigenvalue weighted by atomic mass is 10.2. The molecule has 0 saturated heterocycles. The van der Waals surface area contributed by atoms with E-state index in [4.69, 9.17) is 9.15 Å². The summed E-state index contributed by atoms with van der Waals surface area (Å²) in [6.45, 7) is 0.342. The van der Waals surface area contributed by atoms with Gasteiger partial charge in [0.1, 0.15) is 17.3 Å². The Morgan fingerprint density at radius 3 is 2.79 bits per heavy atom. The number of hydrogen-bond acceptors (Lipinski definition) is 6. The first-order valence-electron chi connectivity index (χ1n) is 9.62. The van der Waals surface area contributed by atoms with E-state index in [0.29, 0.717) is 35.1 Å². The van der Waals surface area contributed by atoms with Crippen molar-refractivity contribution in [2.75, 3.05) is 18.2 Å². The molecule has 0 fully saturated rings. The number of carbonyl (C=O) groups is 1. The molecule has 0 saturated carbocycles. The number of halogens is 3. The molecule has 0 aliphatic heterocycles. The van der Waals surface area contributed by atoms with E-state index in [1.165, 1.54) is 0 Å². The van der Waals surface area contributed by atoms with Crippen molar-refractivity contribution in [2.24, 2.45) is 0 Å². The van der Waals surface area contributed by atoms with Gasteiger partial charge in [0.15, 0.2) is 16.8 Å². The summed E-state index contributed by atoms with van der Waals surface area (Å²) >= 11 is 4.19. The van der Waals surface area contributed by atoms with Crippen molar-refractivity contribution in [1.82, 2.24) is 14.8 Å². The highest BCUT2D eigenvalue weighted by molar-refractivity contribution is 9.10. The van der Waals surface area contributed by atoms with E-state index in [-0.39, 0.29) is 15.9 Å². The van der Waals surface area contributed by atoms with Crippen molar-refractivity contribution in [3.8, 4) is 17.1 Å². The number of furan rings is 1. The van der Waals surface area contributed by atoms with Crippen LogP contribution in [0.5, 0.6) is 5.75 Å². The molecule has 4 aromatic rings. The van der Waals surface area contributed by atoms with Crippen molar-refractivity contribution in [3.63, 3.8) is 0 Å². The van der Waals surface area contributed by atoms with Gasteiger partial charge in [-0.1, -0.05) is 23.9 Å². The van der Waals surface area contributed by atoms with E-state index in [2.05, 4.69) is 31.4 Å². The summed E-state index contributed by atoms with van der Waals surface area (Å²) in [7, 11) is 1.58. The van der Waals surface area contributed by atoms with Crippen LogP contribution in [0, 0.1) is 11.6 Å². The Morgan fingerprint density at radius 2 is 2.06 bits per heavy atom. The maximum Gasteiger partial charge on any atom is 0.234 e. The molecular weight excluding hydrogens is 518 g/mol. The van der Waals surface area contributed by atoms with Crippen LogP contribution in [0.25, 0.3) is 11.4 Å². The zero-order chi connectivity index (χ0) is 23.4. The van der Waals surface area contributed by atoms with E-state index >= 15 is 0 Å². The van der Waals surface area contributed by atoms with Crippen molar-refractivity contribution in [3.05, 3.63) is 76.7 Å². The fraction of sp³-hybridized carbons (Fsp3) is 0.136. The fourth-order valence-corrected chi connectivity index (χ4v) is 4.28. The third-order valence-electron chi connectivity index (χ3n) is 4.54. The number of nitrogens with one attached hydrogen (secondary N) is 1. The number of ether oxygens (including phenoxy) is 1. The van der Waals surface area contributed by atoms with Gasteiger partial charge in [-0.05, 0) is 46.3 Å². The molecule has 0 spiro atoms. The van der Waals surface area contributed by atoms with Crippen LogP contribution in [0.2, 0.25) is 0 Å². The van der Waals surface area contributed by atoms with Crippen molar-refractivity contribution < 1.29 is 22.7 Å². The Morgan fingerprint density at radius 1 is 1.21 bits per heavy atom. The number of methoxy groups -OCH3 is 1. The molecule has 2 aromatic heterocycles. The first-order valence-corrected chi connectivity index (χ1v) is 11.4. The second-order valence-electron chi connectivity index (χ2n) is 6.78. The number of aromatic nitrogens is 3. The summed E-state index contributed by atoms with van der Waals surface area (Å²) < 4.78 is 40.0. The Bertz CT molecular complexity index is 1260. The van der Waals surface area contributed by atoms with Gasteiger partial charge in [0.2, 0.25) is 5.91 Å². The highest BCUT2D eigenvalue weighted by Gasteiger charge is 2.19. The first-order chi connectivity index (χ1) is 15.9. The number of carbonyl (C=O) groups excluding carboxylic acids is 1. The molecule has 2 aromatic carbocycles. The Labute approximate surface area is 200 Å². The molecule has 4 rings (SSSR count). The summed E-state index contributed by atoms with van der Waals surface area (Å²) in [5.74, 6) is -0.257. The average Bonchev–Trinajstić information content (AvgIpc) is 3.45. The summed E-state index contributed by atoms with van der Waals surface area (Å²) in [5.41, 5.74) is 0.651. The summed E-state index contributed by atoms with van der Waals surface area (Å²) in [4.78, 5) is 12.5. The molecule has 7 nitrogen and oxygen atoms in total. The quantitative estimate of drug-likeness (QED) is 0.306. The molecule has 0 atom stereocenters. The van der Waals surface area contributed by atoms with Gasteiger partial charge in [-0.25, -0.2) is 8.78 Å². The number of benzene rings is 2. The highest BCUT2D eigenvalue weighted by Crippen LogP contribution is 2.29. The maximum absolute atomic E-state index is 14.0. The largest absolute Gasteiger partial charge is 0.497 e. The molecule has 0 radical (unpaired) electrons. The van der Waals surface area contributed by atoms with Crippen molar-refractivity contribution in [2.45, 2.75) is 11.7 Å². The minimum Gasteiger partial charge on any atom is -0.497 e. The molecule has 2 heterocycles. The highest BCUT2D eigenvalue weighted by atomic mass is 79.9. The topological polar surface area (TPSA) is 82.2 Å². The predicted octanol–water partition coefficient (Wildman–Crippen LogP) is 5.37. The summed E-state index contributed by atoms with van der Waals surface area (Å²) in [5, 5.41) is 11.5. The molecule has 1 N–H and O–H groups in total. The SMILES string of the molecule is COc1cccc(-c2nnc(SCC(=O)Nc3c(F)cc(F)cc3Br)n2Cc2ccco2)c1. The number of thioether (sulfide) groups is 1. The summed E-state index contributed by atoms with van der Waals surface area (Å²) in [6, 6.07) is 12.8. The average molecular weight is 535 g/mol. The van der Waals surface area contributed by atoms with Gasteiger partial charge in [-0.3, -0.25) is 9.36 Å². The van der Waals surface area contributed by atoms with Crippen LogP contribution in [0.15, 0.2) is 68.8 Å². The molecule has 11 heteroatoms. The van der Waals surface area contributed by atoms with Crippen LogP contribution in [0.3, 0.4) is 0 Å². The molecule has 1 amide bonds. The normalized spacial score (nSPS) is 10.9. The lowest BCUT2D eigenvalue weighted by Crippen LogP contribution is -2.16. The summed E-state index contributed by atoms with van der Waals surface area (Å²) in [6.07, 6.45) is 1.57. The molecule has 170 valence electrons. The van der Waals surface area contributed by atoms with Crippen molar-refractivity contribution in [1.29, 1.82) is 0 Å². The maximum atomic E-state index is 14.0. The van der Waals surface area contributed by atoms with Crippen LogP contribution in [0.1, 0.15) is 5.76 Å². The Balaban J connectivity index is 1.56. The molecule has 0 unspecified atom stereocenters. The molecule has 0 aliphatic carbocycles. The van der Waals surface area contributed by atoms with Gasteiger partial charge in [-0.15, -0.1) is 10.2 Å². The van der Waals surface area contributed by atoms with Crippen molar-refractivity contribution >= 4 is 39.3 Å². The number of nitrogens with zero attached hydrogens (tertiary/aromatic N) is 3. The minimum absolute atomic E-state index is 0.0718. The smallest absolute Gasteiger partial charge is 0.234 e. The van der Waals surface area contributed by atoms with Crippen LogP contribution in [-0.4, -0.2) is 33.5 Å². The second kappa shape index (κ2) is 10.2. The predicted molar refractivity (Wildman–Crippen MR) is 123 cm³/mol. The van der Waals surface area contributed by atoms with Gasteiger partial charge < -0.3 is 14.5 Å². The number of rotatable bonds is 8. The van der Waals surface area contributed by atoms with Crippen LogP contribution in [-0.2, 0) is 11.3 Å².